The molecule has 0 N–H and O–H groups in total. The Morgan fingerprint density at radius 3 is 2.11 bits per heavy atom. The molecular formula is C19H26. The standard InChI is InChI=1S/C15H14.2C2H6/c1-2-11-7-5-9-14-13-8-4-3-6-12(13)10-15(11)14;2*1-2/h3-9H,2,10H2,1H3;2*1-2H3. The fraction of sp³-hybridized carbons (Fsp3) is 0.368. The van der Waals surface area contributed by atoms with Crippen LogP contribution in [0.5, 0.6) is 0 Å². The highest BCUT2D eigenvalue weighted by Gasteiger charge is 2.19. The molecule has 0 heterocycles. The number of hydrogen-bond acceptors (Lipinski definition) is 0. The minimum Gasteiger partial charge on any atom is -0.0683 e. The summed E-state index contributed by atoms with van der Waals surface area (Å²) in [5.74, 6) is 0. The normalized spacial score (nSPS) is 10.4. The average Bonchev–Trinajstić information content (AvgIpc) is 2.90. The number of benzene rings is 2. The number of aryl methyl sites for hydroxylation is 1. The van der Waals surface area contributed by atoms with Crippen LogP contribution in [0.1, 0.15) is 51.3 Å². The second kappa shape index (κ2) is 7.78. The lowest BCUT2D eigenvalue weighted by Crippen LogP contribution is -1.89. The van der Waals surface area contributed by atoms with Gasteiger partial charge in [0.25, 0.3) is 0 Å². The molecule has 2 aromatic carbocycles. The molecule has 0 radical (unpaired) electrons. The topological polar surface area (TPSA) is 0 Å². The molecule has 3 rings (SSSR count). The first kappa shape index (κ1) is 15.5. The van der Waals surface area contributed by atoms with E-state index < -0.39 is 0 Å². The van der Waals surface area contributed by atoms with Crippen molar-refractivity contribution in [3.05, 3.63) is 59.2 Å². The quantitative estimate of drug-likeness (QED) is 0.509. The van der Waals surface area contributed by atoms with Crippen LogP contribution in [0, 0.1) is 0 Å². The zero-order valence-electron chi connectivity index (χ0n) is 13.0. The van der Waals surface area contributed by atoms with Crippen LogP contribution in [0.2, 0.25) is 0 Å². The smallest absolute Gasteiger partial charge is 0.00107 e. The lowest BCUT2D eigenvalue weighted by molar-refractivity contribution is 1.08. The second-order valence-corrected chi connectivity index (χ2v) is 4.13. The molecule has 0 saturated heterocycles. The van der Waals surface area contributed by atoms with Gasteiger partial charge in [-0.15, -0.1) is 0 Å². The third kappa shape index (κ3) is 3.07. The van der Waals surface area contributed by atoms with Gasteiger partial charge in [0, 0.05) is 0 Å². The second-order valence-electron chi connectivity index (χ2n) is 4.13. The van der Waals surface area contributed by atoms with Crippen LogP contribution in [0.3, 0.4) is 0 Å². The van der Waals surface area contributed by atoms with E-state index in [9.17, 15) is 0 Å². The van der Waals surface area contributed by atoms with Gasteiger partial charge in [-0.1, -0.05) is 77.1 Å². The Labute approximate surface area is 118 Å². The summed E-state index contributed by atoms with van der Waals surface area (Å²) >= 11 is 0. The van der Waals surface area contributed by atoms with Crippen molar-refractivity contribution in [2.75, 3.05) is 0 Å². The molecule has 0 spiro atoms. The van der Waals surface area contributed by atoms with Gasteiger partial charge in [0.1, 0.15) is 0 Å². The van der Waals surface area contributed by atoms with Gasteiger partial charge in [0.2, 0.25) is 0 Å². The van der Waals surface area contributed by atoms with Crippen molar-refractivity contribution in [3.8, 4) is 11.1 Å². The molecule has 0 unspecified atom stereocenters. The van der Waals surface area contributed by atoms with Crippen LogP contribution < -0.4 is 0 Å². The van der Waals surface area contributed by atoms with Gasteiger partial charge in [0.15, 0.2) is 0 Å². The van der Waals surface area contributed by atoms with Gasteiger partial charge in [0.05, 0.1) is 0 Å². The molecule has 1 aliphatic carbocycles. The van der Waals surface area contributed by atoms with Crippen molar-refractivity contribution in [3.63, 3.8) is 0 Å². The lowest BCUT2D eigenvalue weighted by Gasteiger charge is -2.05. The minimum atomic E-state index is 1.12. The fourth-order valence-electron chi connectivity index (χ4n) is 2.55. The van der Waals surface area contributed by atoms with E-state index in [-0.39, 0.29) is 0 Å². The lowest BCUT2D eigenvalue weighted by atomic mass is 10.00. The van der Waals surface area contributed by atoms with Gasteiger partial charge in [-0.25, -0.2) is 0 Å². The highest BCUT2D eigenvalue weighted by atomic mass is 14.2. The summed E-state index contributed by atoms with van der Waals surface area (Å²) in [5.41, 5.74) is 7.41. The van der Waals surface area contributed by atoms with Crippen molar-refractivity contribution >= 4 is 0 Å². The number of rotatable bonds is 1. The first-order valence-corrected chi connectivity index (χ1v) is 7.59. The van der Waals surface area contributed by atoms with E-state index >= 15 is 0 Å². The average molecular weight is 254 g/mol. The van der Waals surface area contributed by atoms with Crippen LogP contribution in [-0.4, -0.2) is 0 Å². The highest BCUT2D eigenvalue weighted by Crippen LogP contribution is 2.37. The molecule has 0 fully saturated rings. The summed E-state index contributed by atoms with van der Waals surface area (Å²) in [5, 5.41) is 0. The predicted molar refractivity (Wildman–Crippen MR) is 86.8 cm³/mol. The first-order valence-electron chi connectivity index (χ1n) is 7.59. The van der Waals surface area contributed by atoms with Gasteiger partial charge >= 0.3 is 0 Å². The summed E-state index contributed by atoms with van der Waals surface area (Å²) in [6.07, 6.45) is 2.26. The molecule has 0 nitrogen and oxygen atoms in total. The molecule has 0 atom stereocenters. The van der Waals surface area contributed by atoms with E-state index in [0.29, 0.717) is 0 Å². The van der Waals surface area contributed by atoms with Crippen molar-refractivity contribution in [2.45, 2.75) is 47.5 Å². The SMILES string of the molecule is CC.CC.CCc1cccc2c1Cc1ccccc1-2. The maximum absolute atomic E-state index is 2.25. The van der Waals surface area contributed by atoms with Gasteiger partial charge < -0.3 is 0 Å². The molecule has 0 aromatic heterocycles. The molecule has 102 valence electrons. The van der Waals surface area contributed by atoms with Crippen LogP contribution >= 0.6 is 0 Å². The number of fused-ring (bicyclic) bond motifs is 3. The van der Waals surface area contributed by atoms with Crippen molar-refractivity contribution < 1.29 is 0 Å². The van der Waals surface area contributed by atoms with E-state index in [1.807, 2.05) is 27.7 Å². The Balaban J connectivity index is 0.000000415. The van der Waals surface area contributed by atoms with E-state index in [4.69, 9.17) is 0 Å². The monoisotopic (exact) mass is 254 g/mol. The molecule has 0 bridgehead atoms. The maximum Gasteiger partial charge on any atom is -0.00107 e. The molecule has 0 saturated carbocycles. The van der Waals surface area contributed by atoms with E-state index in [0.717, 1.165) is 12.8 Å². The Morgan fingerprint density at radius 2 is 1.42 bits per heavy atom. The summed E-state index contributed by atoms with van der Waals surface area (Å²) in [4.78, 5) is 0. The Kier molecular flexibility index (Phi) is 6.35. The first-order chi connectivity index (χ1) is 9.40. The summed E-state index contributed by atoms with van der Waals surface area (Å²) < 4.78 is 0. The summed E-state index contributed by atoms with van der Waals surface area (Å²) in [7, 11) is 0. The van der Waals surface area contributed by atoms with Crippen molar-refractivity contribution in [1.82, 2.24) is 0 Å². The van der Waals surface area contributed by atoms with Gasteiger partial charge in [-0.05, 0) is 40.7 Å². The van der Waals surface area contributed by atoms with E-state index in [1.165, 1.54) is 22.3 Å². The molecule has 19 heavy (non-hydrogen) atoms. The van der Waals surface area contributed by atoms with Crippen molar-refractivity contribution in [1.29, 1.82) is 0 Å². The van der Waals surface area contributed by atoms with Gasteiger partial charge in [-0.2, -0.15) is 0 Å². The molecule has 0 heteroatoms. The van der Waals surface area contributed by atoms with E-state index in [1.54, 1.807) is 5.56 Å². The van der Waals surface area contributed by atoms with Crippen LogP contribution in [-0.2, 0) is 12.8 Å². The zero-order valence-corrected chi connectivity index (χ0v) is 13.0. The van der Waals surface area contributed by atoms with Crippen LogP contribution in [0.4, 0.5) is 0 Å². The minimum absolute atomic E-state index is 1.12. The summed E-state index contributed by atoms with van der Waals surface area (Å²) in [6.45, 7) is 10.2. The Hall–Kier alpha value is -1.56. The highest BCUT2D eigenvalue weighted by molar-refractivity contribution is 5.77. The third-order valence-corrected chi connectivity index (χ3v) is 3.33. The molecular weight excluding hydrogens is 228 g/mol. The van der Waals surface area contributed by atoms with E-state index in [2.05, 4.69) is 49.4 Å². The molecule has 0 aliphatic heterocycles. The summed E-state index contributed by atoms with van der Waals surface area (Å²) in [6, 6.07) is 15.4. The fourth-order valence-corrected chi connectivity index (χ4v) is 2.55. The third-order valence-electron chi connectivity index (χ3n) is 3.33. The largest absolute Gasteiger partial charge is 0.0683 e. The maximum atomic E-state index is 2.25. The Bertz CT molecular complexity index is 509. The Morgan fingerprint density at radius 1 is 0.789 bits per heavy atom. The van der Waals surface area contributed by atoms with Crippen LogP contribution in [0.25, 0.3) is 11.1 Å². The number of hydrogen-bond donors (Lipinski definition) is 0. The predicted octanol–water partition coefficient (Wildman–Crippen LogP) is 5.87. The molecule has 1 aliphatic rings. The molecule has 0 amide bonds. The van der Waals surface area contributed by atoms with Crippen molar-refractivity contribution in [2.24, 2.45) is 0 Å². The van der Waals surface area contributed by atoms with Crippen LogP contribution in [0.15, 0.2) is 42.5 Å². The zero-order chi connectivity index (χ0) is 14.3. The molecule has 2 aromatic rings. The van der Waals surface area contributed by atoms with Gasteiger partial charge in [-0.3, -0.25) is 0 Å².